The Bertz CT molecular complexity index is 743. The van der Waals surface area contributed by atoms with E-state index in [9.17, 15) is 8.42 Å². The second-order valence-corrected chi connectivity index (χ2v) is 7.90. The van der Waals surface area contributed by atoms with Crippen LogP contribution in [0.1, 0.15) is 11.3 Å². The molecule has 1 aliphatic rings. The van der Waals surface area contributed by atoms with Gasteiger partial charge in [-0.05, 0) is 30.0 Å². The maximum absolute atomic E-state index is 11.9. The summed E-state index contributed by atoms with van der Waals surface area (Å²) in [5.74, 6) is 2.01. The summed E-state index contributed by atoms with van der Waals surface area (Å²) in [5, 5.41) is 1.92. The molecule has 0 saturated heterocycles. The summed E-state index contributed by atoms with van der Waals surface area (Å²) in [4.78, 5) is 0.991. The quantitative estimate of drug-likeness (QED) is 0.736. The third kappa shape index (κ3) is 4.60. The highest BCUT2D eigenvalue weighted by Gasteiger charge is 2.14. The molecule has 0 unspecified atom stereocenters. The van der Waals surface area contributed by atoms with Gasteiger partial charge in [-0.3, -0.25) is 0 Å². The van der Waals surface area contributed by atoms with Crippen molar-refractivity contribution in [3.8, 4) is 17.2 Å². The van der Waals surface area contributed by atoms with Gasteiger partial charge in [0, 0.05) is 17.5 Å². The average molecular weight is 355 g/mol. The van der Waals surface area contributed by atoms with E-state index in [4.69, 9.17) is 14.2 Å². The molecule has 23 heavy (non-hydrogen) atoms. The number of fused-ring (bicyclic) bond motifs is 1. The molecule has 0 atom stereocenters. The summed E-state index contributed by atoms with van der Waals surface area (Å²) in [6, 6.07) is 9.09. The molecule has 124 valence electrons. The smallest absolute Gasteiger partial charge is 0.231 e. The van der Waals surface area contributed by atoms with Crippen LogP contribution in [0.3, 0.4) is 0 Å². The molecule has 0 spiro atoms. The van der Waals surface area contributed by atoms with Crippen molar-refractivity contribution >= 4 is 21.4 Å². The summed E-state index contributed by atoms with van der Waals surface area (Å²) in [7, 11) is -3.29. The standard InChI is InChI=1S/C15H17NO5S2/c17-23(18,16-10-13-3-1-7-22-13)8-2-6-19-12-4-5-14-15(9-12)21-11-20-14/h1,3-5,7,9,16H,2,6,8,10-11H2. The van der Waals surface area contributed by atoms with E-state index in [1.807, 2.05) is 17.5 Å². The molecule has 3 rings (SSSR count). The molecular formula is C15H17NO5S2. The van der Waals surface area contributed by atoms with Crippen LogP contribution in [0.25, 0.3) is 0 Å². The largest absolute Gasteiger partial charge is 0.493 e. The molecule has 1 N–H and O–H groups in total. The van der Waals surface area contributed by atoms with Crippen LogP contribution in [-0.2, 0) is 16.6 Å². The Labute approximate surface area is 139 Å². The monoisotopic (exact) mass is 355 g/mol. The lowest BCUT2D eigenvalue weighted by Gasteiger charge is -2.08. The second-order valence-electron chi connectivity index (χ2n) is 4.94. The fraction of sp³-hybridized carbons (Fsp3) is 0.333. The van der Waals surface area contributed by atoms with Crippen molar-refractivity contribution in [2.45, 2.75) is 13.0 Å². The fourth-order valence-corrected chi connectivity index (χ4v) is 3.83. The Morgan fingerprint density at radius 1 is 1.22 bits per heavy atom. The van der Waals surface area contributed by atoms with Gasteiger partial charge in [0.25, 0.3) is 0 Å². The van der Waals surface area contributed by atoms with Gasteiger partial charge in [0.05, 0.1) is 12.4 Å². The van der Waals surface area contributed by atoms with Gasteiger partial charge in [0.1, 0.15) is 5.75 Å². The van der Waals surface area contributed by atoms with Crippen molar-refractivity contribution in [2.24, 2.45) is 0 Å². The van der Waals surface area contributed by atoms with E-state index in [0.717, 1.165) is 4.88 Å². The highest BCUT2D eigenvalue weighted by atomic mass is 32.2. The Kier molecular flexibility index (Phi) is 5.04. The molecule has 0 saturated carbocycles. The van der Waals surface area contributed by atoms with Gasteiger partial charge in [-0.15, -0.1) is 11.3 Å². The molecule has 0 radical (unpaired) electrons. The minimum absolute atomic E-state index is 0.0307. The summed E-state index contributed by atoms with van der Waals surface area (Å²) >= 11 is 1.53. The third-order valence-corrected chi connectivity index (χ3v) is 5.50. The molecule has 0 bridgehead atoms. The molecule has 0 amide bonds. The Balaban J connectivity index is 1.40. The van der Waals surface area contributed by atoms with E-state index in [-0.39, 0.29) is 12.5 Å². The molecule has 0 fully saturated rings. The van der Waals surface area contributed by atoms with Crippen molar-refractivity contribution in [1.82, 2.24) is 4.72 Å². The predicted octanol–water partition coefficient (Wildman–Crippen LogP) is 2.37. The van der Waals surface area contributed by atoms with E-state index < -0.39 is 10.0 Å². The van der Waals surface area contributed by atoms with Crippen LogP contribution >= 0.6 is 11.3 Å². The zero-order valence-electron chi connectivity index (χ0n) is 12.4. The first-order chi connectivity index (χ1) is 11.1. The molecule has 2 heterocycles. The summed E-state index contributed by atoms with van der Waals surface area (Å²) < 4.78 is 42.4. The Hall–Kier alpha value is -1.77. The number of sulfonamides is 1. The molecule has 1 aromatic carbocycles. The zero-order chi connectivity index (χ0) is 16.1. The van der Waals surface area contributed by atoms with E-state index in [2.05, 4.69) is 4.72 Å². The Morgan fingerprint density at radius 2 is 2.09 bits per heavy atom. The van der Waals surface area contributed by atoms with Gasteiger partial charge in [-0.2, -0.15) is 0 Å². The van der Waals surface area contributed by atoms with Crippen LogP contribution in [-0.4, -0.2) is 27.6 Å². The number of benzene rings is 1. The first-order valence-electron chi connectivity index (χ1n) is 7.14. The van der Waals surface area contributed by atoms with Crippen molar-refractivity contribution in [2.75, 3.05) is 19.2 Å². The van der Waals surface area contributed by atoms with Gasteiger partial charge >= 0.3 is 0 Å². The van der Waals surface area contributed by atoms with Gasteiger partial charge < -0.3 is 14.2 Å². The Morgan fingerprint density at radius 3 is 2.91 bits per heavy atom. The first kappa shape index (κ1) is 16.1. The van der Waals surface area contributed by atoms with Crippen LogP contribution in [0.4, 0.5) is 0 Å². The second kappa shape index (κ2) is 7.20. The summed E-state index contributed by atoms with van der Waals surface area (Å²) in [5.41, 5.74) is 0. The number of hydrogen-bond acceptors (Lipinski definition) is 6. The van der Waals surface area contributed by atoms with Gasteiger partial charge in [-0.25, -0.2) is 13.1 Å². The minimum Gasteiger partial charge on any atom is -0.493 e. The van der Waals surface area contributed by atoms with E-state index in [1.54, 1.807) is 18.2 Å². The highest BCUT2D eigenvalue weighted by molar-refractivity contribution is 7.89. The molecule has 0 aliphatic carbocycles. The van der Waals surface area contributed by atoms with Gasteiger partial charge in [0.15, 0.2) is 11.5 Å². The van der Waals surface area contributed by atoms with Crippen molar-refractivity contribution < 1.29 is 22.6 Å². The van der Waals surface area contributed by atoms with E-state index in [0.29, 0.717) is 36.8 Å². The number of hydrogen-bond donors (Lipinski definition) is 1. The summed E-state index contributed by atoms with van der Waals surface area (Å²) in [6.07, 6.45) is 0.411. The van der Waals surface area contributed by atoms with Crippen LogP contribution in [0, 0.1) is 0 Å². The van der Waals surface area contributed by atoms with E-state index in [1.165, 1.54) is 11.3 Å². The highest BCUT2D eigenvalue weighted by Crippen LogP contribution is 2.35. The van der Waals surface area contributed by atoms with Crippen LogP contribution in [0.2, 0.25) is 0 Å². The van der Waals surface area contributed by atoms with Crippen LogP contribution < -0.4 is 18.9 Å². The van der Waals surface area contributed by atoms with Crippen molar-refractivity contribution in [1.29, 1.82) is 0 Å². The SMILES string of the molecule is O=S(=O)(CCCOc1ccc2c(c1)OCO2)NCc1cccs1. The van der Waals surface area contributed by atoms with Crippen LogP contribution in [0.5, 0.6) is 17.2 Å². The molecule has 1 aliphatic heterocycles. The number of thiophene rings is 1. The molecule has 2 aromatic rings. The minimum atomic E-state index is -3.29. The molecular weight excluding hydrogens is 338 g/mol. The lowest BCUT2D eigenvalue weighted by molar-refractivity contribution is 0.173. The number of ether oxygens (including phenoxy) is 3. The maximum Gasteiger partial charge on any atom is 0.231 e. The maximum atomic E-state index is 11.9. The average Bonchev–Trinajstić information content (AvgIpc) is 3.20. The third-order valence-electron chi connectivity index (χ3n) is 3.22. The molecule has 8 heteroatoms. The van der Waals surface area contributed by atoms with E-state index >= 15 is 0 Å². The molecule has 1 aromatic heterocycles. The van der Waals surface area contributed by atoms with Crippen molar-refractivity contribution in [3.05, 3.63) is 40.6 Å². The lowest BCUT2D eigenvalue weighted by atomic mass is 10.3. The van der Waals surface area contributed by atoms with Gasteiger partial charge in [0.2, 0.25) is 16.8 Å². The van der Waals surface area contributed by atoms with Gasteiger partial charge in [-0.1, -0.05) is 6.07 Å². The fourth-order valence-electron chi connectivity index (χ4n) is 2.07. The first-order valence-corrected chi connectivity index (χ1v) is 9.68. The number of nitrogens with one attached hydrogen (secondary N) is 1. The van der Waals surface area contributed by atoms with Crippen molar-refractivity contribution in [3.63, 3.8) is 0 Å². The summed E-state index contributed by atoms with van der Waals surface area (Å²) in [6.45, 7) is 0.871. The normalized spacial score (nSPS) is 13.2. The molecule has 6 nitrogen and oxygen atoms in total. The lowest BCUT2D eigenvalue weighted by Crippen LogP contribution is -2.26. The predicted molar refractivity (Wildman–Crippen MR) is 87.6 cm³/mol. The zero-order valence-corrected chi connectivity index (χ0v) is 14.0. The van der Waals surface area contributed by atoms with Crippen LogP contribution in [0.15, 0.2) is 35.7 Å². The number of rotatable bonds is 8. The topological polar surface area (TPSA) is 73.9 Å².